The first-order chi connectivity index (χ1) is 30.6. The predicted molar refractivity (Wildman–Crippen MR) is 271 cm³/mol. The molecule has 64 heavy (non-hydrogen) atoms. The fourth-order valence-corrected chi connectivity index (χ4v) is 9.75. The summed E-state index contributed by atoms with van der Waals surface area (Å²) in [6, 6.07) is 42.6. The van der Waals surface area contributed by atoms with Gasteiger partial charge in [0.05, 0.1) is 45.7 Å². The molecule has 0 aromatic heterocycles. The van der Waals surface area contributed by atoms with Crippen molar-refractivity contribution in [1.82, 2.24) is 10.2 Å². The van der Waals surface area contributed by atoms with Gasteiger partial charge in [-0.2, -0.15) is 0 Å². The molecular formula is C50H48Cl8N4O2. The molecule has 14 heteroatoms. The van der Waals surface area contributed by atoms with Gasteiger partial charge in [0, 0.05) is 75.9 Å². The SMILES string of the molecule is CC(O)(CN1CCN(c2ccc(Cl)cc2Cl)[C@H](c2ccc(Cl)cc2)C1)c1cccc(Cl)c1.CC1(c2cccc(Cl)c2)CO1.Clc1ccc([C@@H]2CNCCN2c2ccc(Cl)cc2Cl)cc1. The van der Waals surface area contributed by atoms with Gasteiger partial charge in [0.1, 0.15) is 5.60 Å². The highest BCUT2D eigenvalue weighted by atomic mass is 35.5. The van der Waals surface area contributed by atoms with E-state index in [2.05, 4.69) is 39.1 Å². The first-order valence-electron chi connectivity index (χ1n) is 20.8. The molecule has 0 aliphatic carbocycles. The van der Waals surface area contributed by atoms with Gasteiger partial charge >= 0.3 is 0 Å². The van der Waals surface area contributed by atoms with E-state index in [1.54, 1.807) is 12.1 Å². The minimum atomic E-state index is -1.03. The second kappa shape index (κ2) is 21.8. The van der Waals surface area contributed by atoms with E-state index in [-0.39, 0.29) is 17.7 Å². The van der Waals surface area contributed by atoms with Crippen molar-refractivity contribution in [3.05, 3.63) is 196 Å². The normalized spacial score (nSPS) is 20.6. The summed E-state index contributed by atoms with van der Waals surface area (Å²) in [5.74, 6) is 0. The molecule has 0 spiro atoms. The maximum absolute atomic E-state index is 11.2. The largest absolute Gasteiger partial charge is 0.384 e. The minimum Gasteiger partial charge on any atom is -0.384 e. The van der Waals surface area contributed by atoms with E-state index in [4.69, 9.17) is 97.5 Å². The van der Waals surface area contributed by atoms with Crippen LogP contribution in [-0.2, 0) is 15.9 Å². The van der Waals surface area contributed by atoms with Crippen molar-refractivity contribution < 1.29 is 9.84 Å². The standard InChI is InChI=1S/C25H24Cl4N2O.C16H15Cl3N2.C9H9ClO/c1-25(32,18-3-2-4-20(27)13-18)16-30-11-12-31(23-10-9-21(28)14-22(23)29)24(15-30)17-5-7-19(26)8-6-17;17-12-3-1-11(2-4-12)16-10-20-7-8-21(16)15-6-5-13(18)9-14(15)19;1-9(6-11-9)7-3-2-4-8(10)5-7/h2-10,13-14,24,32H,11-12,15-16H2,1H3;1-6,9,16,20H,7-8,10H2;2-5H,6H2,1H3/t24-,25?;16-;/m00./s1. The van der Waals surface area contributed by atoms with Gasteiger partial charge in [-0.1, -0.05) is 141 Å². The molecule has 336 valence electrons. The van der Waals surface area contributed by atoms with Crippen molar-refractivity contribution in [2.45, 2.75) is 37.1 Å². The van der Waals surface area contributed by atoms with E-state index in [1.165, 1.54) is 11.1 Å². The van der Waals surface area contributed by atoms with Crippen molar-refractivity contribution in [2.24, 2.45) is 0 Å². The summed E-state index contributed by atoms with van der Waals surface area (Å²) in [6.45, 7) is 10.2. The highest BCUT2D eigenvalue weighted by molar-refractivity contribution is 6.37. The van der Waals surface area contributed by atoms with Crippen LogP contribution in [0.4, 0.5) is 11.4 Å². The number of ether oxygens (including phenoxy) is 1. The lowest BCUT2D eigenvalue weighted by Crippen LogP contribution is -2.52. The van der Waals surface area contributed by atoms with E-state index in [9.17, 15) is 5.11 Å². The van der Waals surface area contributed by atoms with Crippen LogP contribution in [0, 0.1) is 0 Å². The number of piperazine rings is 2. The third-order valence-electron chi connectivity index (χ3n) is 11.6. The third-order valence-corrected chi connectivity index (χ3v) is 13.7. The molecule has 0 amide bonds. The topological polar surface area (TPSA) is 54.5 Å². The monoisotopic (exact) mass is 1020 g/mol. The number of rotatable bonds is 8. The van der Waals surface area contributed by atoms with Crippen LogP contribution >= 0.6 is 92.8 Å². The lowest BCUT2D eigenvalue weighted by molar-refractivity contribution is 0.0103. The van der Waals surface area contributed by atoms with Gasteiger partial charge in [-0.25, -0.2) is 0 Å². The Hall–Kier alpha value is -2.92. The van der Waals surface area contributed by atoms with Gasteiger partial charge in [-0.3, -0.25) is 4.90 Å². The van der Waals surface area contributed by atoms with Gasteiger partial charge < -0.3 is 25.0 Å². The fraction of sp³-hybridized carbons (Fsp3) is 0.280. The second-order valence-electron chi connectivity index (χ2n) is 16.5. The van der Waals surface area contributed by atoms with Crippen LogP contribution in [0.15, 0.2) is 133 Å². The van der Waals surface area contributed by atoms with Crippen molar-refractivity contribution in [3.63, 3.8) is 0 Å². The molecule has 6 nitrogen and oxygen atoms in total. The van der Waals surface area contributed by atoms with Crippen LogP contribution in [0.1, 0.15) is 48.2 Å². The number of hydrogen-bond donors (Lipinski definition) is 2. The maximum atomic E-state index is 11.2. The summed E-state index contributed by atoms with van der Waals surface area (Å²) in [6.07, 6.45) is 0. The molecule has 3 aliphatic heterocycles. The number of halogens is 8. The zero-order chi connectivity index (χ0) is 45.6. The summed E-state index contributed by atoms with van der Waals surface area (Å²) in [5.41, 5.74) is 5.20. The Labute approximate surface area is 416 Å². The number of benzene rings is 6. The number of aliphatic hydroxyl groups is 1. The summed E-state index contributed by atoms with van der Waals surface area (Å²) in [5, 5.41) is 20.1. The maximum Gasteiger partial charge on any atom is 0.114 e. The number of hydrogen-bond acceptors (Lipinski definition) is 6. The number of nitrogens with zero attached hydrogens (tertiary/aromatic N) is 3. The average Bonchev–Trinajstić information content (AvgIpc) is 4.03. The Kier molecular flexibility index (Phi) is 16.7. The molecule has 9 rings (SSSR count). The summed E-state index contributed by atoms with van der Waals surface area (Å²) in [7, 11) is 0. The Morgan fingerprint density at radius 1 is 0.609 bits per heavy atom. The van der Waals surface area contributed by atoms with Gasteiger partial charge in [-0.05, 0) is 121 Å². The molecule has 3 fully saturated rings. The molecule has 6 aromatic carbocycles. The fourth-order valence-electron chi connectivity index (χ4n) is 8.09. The van der Waals surface area contributed by atoms with Gasteiger partial charge in [0.25, 0.3) is 0 Å². The number of β-amino-alcohol motifs (C(OH)–C–C–N with tert-alkyl or cyclic N) is 1. The van der Waals surface area contributed by atoms with E-state index >= 15 is 0 Å². The van der Waals surface area contributed by atoms with E-state index in [0.29, 0.717) is 36.7 Å². The molecule has 0 radical (unpaired) electrons. The predicted octanol–water partition coefficient (Wildman–Crippen LogP) is 14.5. The average molecular weight is 1020 g/mol. The van der Waals surface area contributed by atoms with Crippen LogP contribution in [-0.4, -0.2) is 62.4 Å². The van der Waals surface area contributed by atoms with Crippen molar-refractivity contribution in [3.8, 4) is 0 Å². The van der Waals surface area contributed by atoms with Crippen molar-refractivity contribution in [2.75, 3.05) is 62.2 Å². The van der Waals surface area contributed by atoms with E-state index < -0.39 is 5.60 Å². The lowest BCUT2D eigenvalue weighted by Gasteiger charge is -2.45. The molecule has 0 saturated carbocycles. The summed E-state index contributed by atoms with van der Waals surface area (Å²) in [4.78, 5) is 6.89. The second-order valence-corrected chi connectivity index (χ2v) is 19.9. The molecule has 2 N–H and O–H groups in total. The Morgan fingerprint density at radius 2 is 1.11 bits per heavy atom. The Morgan fingerprint density at radius 3 is 1.64 bits per heavy atom. The number of nitrogens with one attached hydrogen (secondary N) is 1. The van der Waals surface area contributed by atoms with Crippen LogP contribution in [0.3, 0.4) is 0 Å². The van der Waals surface area contributed by atoms with E-state index in [1.807, 2.05) is 116 Å². The molecule has 3 saturated heterocycles. The van der Waals surface area contributed by atoms with E-state index in [0.717, 1.165) is 78.4 Å². The van der Waals surface area contributed by atoms with Gasteiger partial charge in [0.15, 0.2) is 0 Å². The molecule has 2 unspecified atom stereocenters. The number of anilines is 2. The first kappa shape index (κ1) is 49.0. The zero-order valence-corrected chi connectivity index (χ0v) is 41.3. The molecule has 4 atom stereocenters. The Balaban J connectivity index is 0.000000162. The van der Waals surface area contributed by atoms with Gasteiger partial charge in [-0.15, -0.1) is 0 Å². The minimum absolute atomic E-state index is 0.0369. The third kappa shape index (κ3) is 12.7. The highest BCUT2D eigenvalue weighted by Gasteiger charge is 2.41. The van der Waals surface area contributed by atoms with Crippen molar-refractivity contribution >= 4 is 104 Å². The highest BCUT2D eigenvalue weighted by Crippen LogP contribution is 2.40. The number of epoxide rings is 1. The molecule has 3 aliphatic rings. The first-order valence-corrected chi connectivity index (χ1v) is 23.9. The van der Waals surface area contributed by atoms with Crippen LogP contribution in [0.25, 0.3) is 0 Å². The van der Waals surface area contributed by atoms with Crippen LogP contribution in [0.5, 0.6) is 0 Å². The van der Waals surface area contributed by atoms with Crippen LogP contribution < -0.4 is 15.1 Å². The van der Waals surface area contributed by atoms with Gasteiger partial charge in [0.2, 0.25) is 0 Å². The summed E-state index contributed by atoms with van der Waals surface area (Å²) < 4.78 is 5.28. The zero-order valence-electron chi connectivity index (χ0n) is 35.2. The Bertz CT molecular complexity index is 2500. The summed E-state index contributed by atoms with van der Waals surface area (Å²) >= 11 is 49.2. The molecular weight excluding hydrogens is 972 g/mol. The molecule has 0 bridgehead atoms. The van der Waals surface area contributed by atoms with Crippen LogP contribution in [0.2, 0.25) is 40.2 Å². The van der Waals surface area contributed by atoms with Crippen molar-refractivity contribution in [1.29, 1.82) is 0 Å². The molecule has 6 aromatic rings. The lowest BCUT2D eigenvalue weighted by atomic mass is 9.94. The molecule has 3 heterocycles. The quantitative estimate of drug-likeness (QED) is 0.148. The smallest absolute Gasteiger partial charge is 0.114 e.